The van der Waals surface area contributed by atoms with Gasteiger partial charge in [-0.05, 0) is 48.9 Å². The molecule has 2 rings (SSSR count). The molecule has 1 heterocycles. The predicted octanol–water partition coefficient (Wildman–Crippen LogP) is 1.27. The zero-order chi connectivity index (χ0) is 12.1. The van der Waals surface area contributed by atoms with Gasteiger partial charge < -0.3 is 19.7 Å². The van der Waals surface area contributed by atoms with Crippen molar-refractivity contribution in [2.45, 2.75) is 25.7 Å². The molecule has 2 N–H and O–H groups in total. The van der Waals surface area contributed by atoms with E-state index in [1.807, 2.05) is 12.1 Å². The minimum absolute atomic E-state index is 0.188. The fraction of sp³-hybridized carbons (Fsp3) is 0.538. The summed E-state index contributed by atoms with van der Waals surface area (Å²) in [6.07, 6.45) is 3.14. The van der Waals surface area contributed by atoms with Crippen LogP contribution < -0.4 is 9.47 Å². The molecule has 0 amide bonds. The number of benzene rings is 1. The number of ether oxygens (including phenoxy) is 2. The van der Waals surface area contributed by atoms with Gasteiger partial charge in [0.2, 0.25) is 6.79 Å². The molecule has 17 heavy (non-hydrogen) atoms. The van der Waals surface area contributed by atoms with Crippen molar-refractivity contribution in [3.63, 3.8) is 0 Å². The first-order valence-corrected chi connectivity index (χ1v) is 5.98. The van der Waals surface area contributed by atoms with Crippen molar-refractivity contribution in [1.29, 1.82) is 0 Å². The zero-order valence-electron chi connectivity index (χ0n) is 9.82. The molecule has 0 spiro atoms. The van der Waals surface area contributed by atoms with Gasteiger partial charge in [0.05, 0.1) is 0 Å². The van der Waals surface area contributed by atoms with Crippen LogP contribution in [-0.2, 0) is 12.8 Å². The maximum Gasteiger partial charge on any atom is 0.231 e. The Labute approximate surface area is 101 Å². The van der Waals surface area contributed by atoms with Gasteiger partial charge in [0, 0.05) is 13.2 Å². The monoisotopic (exact) mass is 238 g/mol. The number of fused-ring (bicyclic) bond motifs is 1. The van der Waals surface area contributed by atoms with Crippen LogP contribution in [0.25, 0.3) is 0 Å². The summed E-state index contributed by atoms with van der Waals surface area (Å²) >= 11 is 0. The lowest BCUT2D eigenvalue weighted by Gasteiger charge is -2.10. The lowest BCUT2D eigenvalue weighted by molar-refractivity contribution is 0.174. The van der Waals surface area contributed by atoms with Gasteiger partial charge in [-0.1, -0.05) is 0 Å². The molecule has 0 unspecified atom stereocenters. The van der Waals surface area contributed by atoms with Crippen LogP contribution in [0.15, 0.2) is 12.1 Å². The number of hydrogen-bond donors (Lipinski definition) is 2. The SMILES string of the molecule is OCCCc1cc2c(cc1CCCO)OCO2. The Hall–Kier alpha value is -1.26. The molecule has 4 nitrogen and oxygen atoms in total. The van der Waals surface area contributed by atoms with Gasteiger partial charge in [0.1, 0.15) is 0 Å². The quantitative estimate of drug-likeness (QED) is 0.783. The first-order chi connectivity index (χ1) is 8.35. The third-order valence-corrected chi connectivity index (χ3v) is 2.90. The highest BCUT2D eigenvalue weighted by atomic mass is 16.7. The summed E-state index contributed by atoms with van der Waals surface area (Å²) in [5, 5.41) is 17.8. The van der Waals surface area contributed by atoms with E-state index in [-0.39, 0.29) is 20.0 Å². The average molecular weight is 238 g/mol. The van der Waals surface area contributed by atoms with Gasteiger partial charge in [-0.3, -0.25) is 0 Å². The van der Waals surface area contributed by atoms with Crippen LogP contribution in [0.1, 0.15) is 24.0 Å². The van der Waals surface area contributed by atoms with Crippen molar-refractivity contribution >= 4 is 0 Å². The summed E-state index contributed by atoms with van der Waals surface area (Å²) in [6, 6.07) is 3.98. The number of aryl methyl sites for hydroxylation is 2. The van der Waals surface area contributed by atoms with E-state index in [2.05, 4.69) is 0 Å². The number of rotatable bonds is 6. The van der Waals surface area contributed by atoms with Crippen molar-refractivity contribution in [2.24, 2.45) is 0 Å². The number of aliphatic hydroxyl groups is 2. The Morgan fingerprint density at radius 2 is 1.35 bits per heavy atom. The van der Waals surface area contributed by atoms with E-state index >= 15 is 0 Å². The van der Waals surface area contributed by atoms with Gasteiger partial charge >= 0.3 is 0 Å². The van der Waals surface area contributed by atoms with Crippen LogP contribution in [0.3, 0.4) is 0 Å². The fourth-order valence-corrected chi connectivity index (χ4v) is 2.03. The van der Waals surface area contributed by atoms with E-state index in [1.165, 1.54) is 11.1 Å². The summed E-state index contributed by atoms with van der Waals surface area (Å²) < 4.78 is 10.7. The smallest absolute Gasteiger partial charge is 0.231 e. The molecule has 1 aromatic rings. The van der Waals surface area contributed by atoms with Crippen LogP contribution in [0.2, 0.25) is 0 Å². The Morgan fingerprint density at radius 1 is 0.882 bits per heavy atom. The first-order valence-electron chi connectivity index (χ1n) is 5.98. The summed E-state index contributed by atoms with van der Waals surface area (Å²) in [7, 11) is 0. The Bertz CT molecular complexity index is 341. The molecule has 0 bridgehead atoms. The largest absolute Gasteiger partial charge is 0.454 e. The van der Waals surface area contributed by atoms with Crippen molar-refractivity contribution in [3.05, 3.63) is 23.3 Å². The van der Waals surface area contributed by atoms with E-state index in [4.69, 9.17) is 19.7 Å². The zero-order valence-corrected chi connectivity index (χ0v) is 9.82. The van der Waals surface area contributed by atoms with E-state index < -0.39 is 0 Å². The molecule has 0 atom stereocenters. The normalized spacial score (nSPS) is 13.1. The van der Waals surface area contributed by atoms with E-state index in [0.717, 1.165) is 37.2 Å². The average Bonchev–Trinajstić information content (AvgIpc) is 2.80. The Morgan fingerprint density at radius 3 is 1.76 bits per heavy atom. The summed E-state index contributed by atoms with van der Waals surface area (Å²) in [5.74, 6) is 1.57. The predicted molar refractivity (Wildman–Crippen MR) is 63.4 cm³/mol. The summed E-state index contributed by atoms with van der Waals surface area (Å²) in [4.78, 5) is 0. The molecule has 1 aromatic carbocycles. The fourth-order valence-electron chi connectivity index (χ4n) is 2.03. The Kier molecular flexibility index (Phi) is 4.23. The molecule has 0 radical (unpaired) electrons. The van der Waals surface area contributed by atoms with Gasteiger partial charge in [0.15, 0.2) is 11.5 Å². The van der Waals surface area contributed by atoms with Crippen LogP contribution in [0.5, 0.6) is 11.5 Å². The van der Waals surface area contributed by atoms with Crippen LogP contribution in [0.4, 0.5) is 0 Å². The van der Waals surface area contributed by atoms with E-state index in [9.17, 15) is 0 Å². The third kappa shape index (κ3) is 2.90. The van der Waals surface area contributed by atoms with Crippen molar-refractivity contribution < 1.29 is 19.7 Å². The lowest BCUT2D eigenvalue weighted by atomic mass is 9.98. The van der Waals surface area contributed by atoms with Crippen LogP contribution >= 0.6 is 0 Å². The van der Waals surface area contributed by atoms with Crippen LogP contribution in [-0.4, -0.2) is 30.2 Å². The Balaban J connectivity index is 2.19. The molecule has 0 aromatic heterocycles. The highest BCUT2D eigenvalue weighted by molar-refractivity contribution is 5.48. The number of aliphatic hydroxyl groups excluding tert-OH is 2. The van der Waals surface area contributed by atoms with E-state index in [1.54, 1.807) is 0 Å². The topological polar surface area (TPSA) is 58.9 Å². The highest BCUT2D eigenvalue weighted by Gasteiger charge is 2.16. The standard InChI is InChI=1S/C13H18O4/c14-5-1-3-10-7-12-13(17-9-16-12)8-11(10)4-2-6-15/h7-8,14-15H,1-6,9H2. The van der Waals surface area contributed by atoms with Crippen molar-refractivity contribution in [1.82, 2.24) is 0 Å². The lowest BCUT2D eigenvalue weighted by Crippen LogP contribution is -1.98. The molecular weight excluding hydrogens is 220 g/mol. The minimum atomic E-state index is 0.188. The molecule has 0 aliphatic carbocycles. The highest BCUT2D eigenvalue weighted by Crippen LogP contribution is 2.35. The minimum Gasteiger partial charge on any atom is -0.454 e. The second kappa shape index (κ2) is 5.89. The maximum absolute atomic E-state index is 8.89. The second-order valence-electron chi connectivity index (χ2n) is 4.13. The van der Waals surface area contributed by atoms with Gasteiger partial charge in [-0.2, -0.15) is 0 Å². The molecule has 0 fully saturated rings. The molecule has 0 saturated carbocycles. The van der Waals surface area contributed by atoms with Gasteiger partial charge in [0.25, 0.3) is 0 Å². The third-order valence-electron chi connectivity index (χ3n) is 2.90. The van der Waals surface area contributed by atoms with Crippen molar-refractivity contribution in [2.75, 3.05) is 20.0 Å². The van der Waals surface area contributed by atoms with Crippen molar-refractivity contribution in [3.8, 4) is 11.5 Å². The first kappa shape index (κ1) is 12.2. The van der Waals surface area contributed by atoms with E-state index in [0.29, 0.717) is 0 Å². The molecule has 1 aliphatic rings. The molecule has 0 saturated heterocycles. The van der Waals surface area contributed by atoms with Gasteiger partial charge in [-0.15, -0.1) is 0 Å². The maximum atomic E-state index is 8.89. The van der Waals surface area contributed by atoms with Crippen LogP contribution in [0, 0.1) is 0 Å². The summed E-state index contributed by atoms with van der Waals surface area (Å²) in [5.41, 5.74) is 2.36. The molecule has 1 aliphatic heterocycles. The second-order valence-corrected chi connectivity index (χ2v) is 4.13. The number of hydrogen-bond acceptors (Lipinski definition) is 4. The molecular formula is C13H18O4. The van der Waals surface area contributed by atoms with Gasteiger partial charge in [-0.25, -0.2) is 0 Å². The molecule has 4 heteroatoms. The summed E-state index contributed by atoms with van der Waals surface area (Å²) in [6.45, 7) is 0.653. The molecule has 94 valence electrons.